The molecule has 0 aliphatic heterocycles. The van der Waals surface area contributed by atoms with Crippen molar-refractivity contribution < 1.29 is 19.0 Å². The highest BCUT2D eigenvalue weighted by Crippen LogP contribution is 1.95. The smallest absolute Gasteiger partial charge is 0.308 e. The van der Waals surface area contributed by atoms with Crippen molar-refractivity contribution in [3.8, 4) is 6.07 Å². The molecular weight excluding hydrogens is 248 g/mol. The average Bonchev–Trinajstić information content (AvgIpc) is 2.42. The van der Waals surface area contributed by atoms with Crippen LogP contribution in [0.3, 0.4) is 0 Å². The number of rotatable bonds is 12. The molecule has 0 aromatic heterocycles. The Morgan fingerprint density at radius 3 is 2.16 bits per heavy atom. The van der Waals surface area contributed by atoms with Crippen molar-refractivity contribution in [3.63, 3.8) is 0 Å². The lowest BCUT2D eigenvalue weighted by Crippen LogP contribution is -2.33. The number of hydrogen-bond donors (Lipinski definition) is 0. The molecule has 110 valence electrons. The highest BCUT2D eigenvalue weighted by molar-refractivity contribution is 5.69. The maximum atomic E-state index is 11.3. The van der Waals surface area contributed by atoms with E-state index >= 15 is 0 Å². The molecule has 0 saturated carbocycles. The Balaban J connectivity index is 3.88. The van der Waals surface area contributed by atoms with E-state index in [2.05, 4.69) is 4.90 Å². The maximum absolute atomic E-state index is 11.3. The number of nitriles is 1. The maximum Gasteiger partial charge on any atom is 0.308 e. The minimum atomic E-state index is -0.348. The molecule has 0 saturated heterocycles. The molecule has 0 aliphatic rings. The van der Waals surface area contributed by atoms with E-state index in [0.29, 0.717) is 33.0 Å². The van der Waals surface area contributed by atoms with Gasteiger partial charge in [0, 0.05) is 32.8 Å². The summed E-state index contributed by atoms with van der Waals surface area (Å²) < 4.78 is 15.3. The van der Waals surface area contributed by atoms with Gasteiger partial charge in [0.1, 0.15) is 6.07 Å². The van der Waals surface area contributed by atoms with Crippen LogP contribution < -0.4 is 0 Å². The number of nitrogens with zero attached hydrogens (tertiary/aromatic N) is 2. The molecule has 19 heavy (non-hydrogen) atoms. The van der Waals surface area contributed by atoms with Gasteiger partial charge in [-0.2, -0.15) is 5.26 Å². The predicted octanol–water partition coefficient (Wildman–Crippen LogP) is 0.818. The Hall–Kier alpha value is -1.16. The van der Waals surface area contributed by atoms with Crippen molar-refractivity contribution in [2.45, 2.75) is 20.3 Å². The zero-order chi connectivity index (χ0) is 14.3. The normalized spacial score (nSPS) is 10.4. The third kappa shape index (κ3) is 11.7. The van der Waals surface area contributed by atoms with Crippen LogP contribution in [0.5, 0.6) is 0 Å². The fourth-order valence-electron chi connectivity index (χ4n) is 1.45. The first kappa shape index (κ1) is 17.8. The van der Waals surface area contributed by atoms with Gasteiger partial charge in [-0.05, 0) is 13.8 Å². The van der Waals surface area contributed by atoms with Gasteiger partial charge in [-0.3, -0.25) is 9.69 Å². The third-order valence-electron chi connectivity index (χ3n) is 2.44. The number of esters is 1. The summed E-state index contributed by atoms with van der Waals surface area (Å²) >= 11 is 0. The summed E-state index contributed by atoms with van der Waals surface area (Å²) in [6.45, 7) is 8.45. The van der Waals surface area contributed by atoms with Gasteiger partial charge in [0.05, 0.1) is 19.6 Å². The van der Waals surface area contributed by atoms with Gasteiger partial charge >= 0.3 is 5.97 Å². The second-order valence-electron chi connectivity index (χ2n) is 3.80. The van der Waals surface area contributed by atoms with E-state index in [-0.39, 0.29) is 19.0 Å². The lowest BCUT2D eigenvalue weighted by atomic mass is 10.3. The monoisotopic (exact) mass is 272 g/mol. The summed E-state index contributed by atoms with van der Waals surface area (Å²) in [6.07, 6.45) is 0.278. The lowest BCUT2D eigenvalue weighted by Gasteiger charge is -2.21. The highest BCUT2D eigenvalue weighted by atomic mass is 16.5. The fourth-order valence-corrected chi connectivity index (χ4v) is 1.45. The molecule has 0 aliphatic carbocycles. The summed E-state index contributed by atoms with van der Waals surface area (Å²) in [5, 5.41) is 8.31. The molecule has 0 aromatic carbocycles. The first-order valence-electron chi connectivity index (χ1n) is 6.65. The van der Waals surface area contributed by atoms with E-state index in [1.54, 1.807) is 6.07 Å². The Morgan fingerprint density at radius 2 is 1.68 bits per heavy atom. The predicted molar refractivity (Wildman–Crippen MR) is 70.6 cm³/mol. The van der Waals surface area contributed by atoms with E-state index in [1.165, 1.54) is 0 Å². The molecule has 6 heteroatoms. The van der Waals surface area contributed by atoms with Crippen molar-refractivity contribution in [2.24, 2.45) is 0 Å². The van der Waals surface area contributed by atoms with Crippen LogP contribution in [0.25, 0.3) is 0 Å². The molecule has 6 nitrogen and oxygen atoms in total. The summed E-state index contributed by atoms with van der Waals surface area (Å²) in [5.74, 6) is -0.348. The molecule has 0 radical (unpaired) electrons. The van der Waals surface area contributed by atoms with Crippen LogP contribution in [0, 0.1) is 11.3 Å². The van der Waals surface area contributed by atoms with Crippen molar-refractivity contribution in [1.29, 1.82) is 5.26 Å². The molecule has 0 aromatic rings. The van der Waals surface area contributed by atoms with Crippen molar-refractivity contribution in [3.05, 3.63) is 0 Å². The van der Waals surface area contributed by atoms with Gasteiger partial charge in [-0.1, -0.05) is 0 Å². The zero-order valence-electron chi connectivity index (χ0n) is 11.9. The van der Waals surface area contributed by atoms with Gasteiger partial charge in [0.15, 0.2) is 6.61 Å². The Morgan fingerprint density at radius 1 is 1.11 bits per heavy atom. The molecule has 0 rings (SSSR count). The quantitative estimate of drug-likeness (QED) is 0.387. The second-order valence-corrected chi connectivity index (χ2v) is 3.80. The molecular formula is C13H24N2O4. The van der Waals surface area contributed by atoms with Crippen LogP contribution in [0.4, 0.5) is 0 Å². The standard InChI is InChI=1S/C13H24N2O4/c1-3-17-11-8-15(9-12-18-4-2)7-5-13(16)19-10-6-14/h3-5,7-12H2,1-2H3. The Labute approximate surface area is 115 Å². The molecule has 0 heterocycles. The van der Waals surface area contributed by atoms with Crippen LogP contribution in [-0.2, 0) is 19.0 Å². The van der Waals surface area contributed by atoms with Crippen LogP contribution in [-0.4, -0.2) is 63.5 Å². The largest absolute Gasteiger partial charge is 0.450 e. The summed E-state index contributed by atoms with van der Waals surface area (Å²) in [7, 11) is 0. The molecule has 0 amide bonds. The van der Waals surface area contributed by atoms with E-state index in [1.807, 2.05) is 13.8 Å². The summed E-state index contributed by atoms with van der Waals surface area (Å²) in [5.41, 5.74) is 0. The van der Waals surface area contributed by atoms with Crippen LogP contribution in [0.2, 0.25) is 0 Å². The van der Waals surface area contributed by atoms with Crippen molar-refractivity contribution >= 4 is 5.97 Å². The lowest BCUT2D eigenvalue weighted by molar-refractivity contribution is -0.142. The second kappa shape index (κ2) is 13.3. The number of carbonyl (C=O) groups is 1. The van der Waals surface area contributed by atoms with Crippen LogP contribution in [0.1, 0.15) is 20.3 Å². The number of carbonyl (C=O) groups excluding carboxylic acids is 1. The van der Waals surface area contributed by atoms with Crippen molar-refractivity contribution in [1.82, 2.24) is 4.90 Å². The minimum Gasteiger partial charge on any atom is -0.450 e. The van der Waals surface area contributed by atoms with Gasteiger partial charge in [-0.15, -0.1) is 0 Å². The van der Waals surface area contributed by atoms with Crippen molar-refractivity contribution in [2.75, 3.05) is 52.7 Å². The van der Waals surface area contributed by atoms with E-state index < -0.39 is 0 Å². The molecule has 0 atom stereocenters. The molecule has 0 fully saturated rings. The topological polar surface area (TPSA) is 71.8 Å². The third-order valence-corrected chi connectivity index (χ3v) is 2.44. The Bertz CT molecular complexity index is 256. The van der Waals surface area contributed by atoms with Crippen LogP contribution in [0.15, 0.2) is 0 Å². The highest BCUT2D eigenvalue weighted by Gasteiger charge is 2.09. The first-order valence-corrected chi connectivity index (χ1v) is 6.65. The number of ether oxygens (including phenoxy) is 3. The fraction of sp³-hybridized carbons (Fsp3) is 0.846. The van der Waals surface area contributed by atoms with Gasteiger partial charge < -0.3 is 14.2 Å². The SMILES string of the molecule is CCOCCN(CCOCC)CCC(=O)OCC#N. The summed E-state index contributed by atoms with van der Waals surface area (Å²) in [4.78, 5) is 13.4. The van der Waals surface area contributed by atoms with Gasteiger partial charge in [-0.25, -0.2) is 0 Å². The van der Waals surface area contributed by atoms with E-state index in [4.69, 9.17) is 19.5 Å². The molecule has 0 N–H and O–H groups in total. The first-order chi connectivity index (χ1) is 9.24. The summed E-state index contributed by atoms with van der Waals surface area (Å²) in [6, 6.07) is 1.77. The van der Waals surface area contributed by atoms with E-state index in [0.717, 1.165) is 13.1 Å². The van der Waals surface area contributed by atoms with E-state index in [9.17, 15) is 4.79 Å². The van der Waals surface area contributed by atoms with Gasteiger partial charge in [0.25, 0.3) is 0 Å². The average molecular weight is 272 g/mol. The molecule has 0 bridgehead atoms. The van der Waals surface area contributed by atoms with Crippen LogP contribution >= 0.6 is 0 Å². The minimum absolute atomic E-state index is 0.184. The Kier molecular flexibility index (Phi) is 12.5. The molecule has 0 unspecified atom stereocenters. The molecule has 0 spiro atoms. The number of hydrogen-bond acceptors (Lipinski definition) is 6. The van der Waals surface area contributed by atoms with Gasteiger partial charge in [0.2, 0.25) is 0 Å². The zero-order valence-corrected chi connectivity index (χ0v) is 11.9.